The number of carbonyl (C=O) groups excluding carboxylic acids is 1. The minimum Gasteiger partial charge on any atom is -0.353 e. The van der Waals surface area contributed by atoms with Crippen LogP contribution in [0, 0.1) is 5.82 Å². The second-order valence-corrected chi connectivity index (χ2v) is 2.71. The molecule has 0 atom stereocenters. The van der Waals surface area contributed by atoms with Crippen molar-refractivity contribution in [2.75, 3.05) is 0 Å². The number of aldehydes is 1. The summed E-state index contributed by atoms with van der Waals surface area (Å²) < 4.78 is 17.9. The predicted molar refractivity (Wildman–Crippen MR) is 47.3 cm³/mol. The van der Waals surface area contributed by atoms with Crippen molar-refractivity contribution in [1.29, 1.82) is 0 Å². The van der Waals surface area contributed by atoms with E-state index in [1.54, 1.807) is 18.2 Å². The van der Waals surface area contributed by atoms with E-state index in [4.69, 9.17) is 0 Å². The van der Waals surface area contributed by atoms with Crippen molar-refractivity contribution >= 4 is 6.29 Å². The van der Waals surface area contributed by atoms with Crippen LogP contribution in [0.2, 0.25) is 0 Å². The molecule has 3 nitrogen and oxygen atoms in total. The summed E-state index contributed by atoms with van der Waals surface area (Å²) in [5.74, 6) is -0.304. The van der Waals surface area contributed by atoms with Gasteiger partial charge in [-0.3, -0.25) is 4.79 Å². The van der Waals surface area contributed by atoms with E-state index in [-0.39, 0.29) is 5.76 Å². The molecule has 0 spiro atoms. The van der Waals surface area contributed by atoms with Crippen molar-refractivity contribution in [2.45, 2.75) is 0 Å². The molecule has 0 aliphatic rings. The lowest BCUT2D eigenvalue weighted by Gasteiger charge is -1.95. The van der Waals surface area contributed by atoms with Gasteiger partial charge in [-0.1, -0.05) is 17.3 Å². The Balaban J connectivity index is 2.49. The minimum absolute atomic E-state index is 0.0863. The molecule has 4 heteroatoms. The van der Waals surface area contributed by atoms with Crippen LogP contribution in [0.25, 0.3) is 11.3 Å². The average molecular weight is 191 g/mol. The van der Waals surface area contributed by atoms with Crippen LogP contribution < -0.4 is 0 Å². The predicted octanol–water partition coefficient (Wildman–Crippen LogP) is 2.29. The summed E-state index contributed by atoms with van der Waals surface area (Å²) in [4.78, 5) is 10.3. The maximum atomic E-state index is 13.2. The van der Waals surface area contributed by atoms with Crippen LogP contribution in [0.4, 0.5) is 4.39 Å². The quantitative estimate of drug-likeness (QED) is 0.684. The molecule has 2 rings (SSSR count). The van der Waals surface area contributed by atoms with Gasteiger partial charge in [-0.2, -0.15) is 0 Å². The molecule has 0 radical (unpaired) electrons. The fourth-order valence-electron chi connectivity index (χ4n) is 1.14. The molecule has 0 bridgehead atoms. The van der Waals surface area contributed by atoms with Gasteiger partial charge in [0, 0.05) is 11.6 Å². The SMILES string of the molecule is O=Cc1cc(-c2ccccc2F)no1. The first-order valence-corrected chi connectivity index (χ1v) is 3.98. The number of rotatable bonds is 2. The van der Waals surface area contributed by atoms with E-state index in [0.29, 0.717) is 17.5 Å². The normalized spacial score (nSPS) is 10.1. The molecule has 1 aromatic carbocycles. The fourth-order valence-corrected chi connectivity index (χ4v) is 1.14. The molecule has 0 fully saturated rings. The number of hydrogen-bond donors (Lipinski definition) is 0. The Kier molecular flexibility index (Phi) is 2.10. The smallest absolute Gasteiger partial charge is 0.199 e. The van der Waals surface area contributed by atoms with Gasteiger partial charge in [-0.25, -0.2) is 4.39 Å². The third kappa shape index (κ3) is 1.42. The van der Waals surface area contributed by atoms with Crippen molar-refractivity contribution < 1.29 is 13.7 Å². The lowest BCUT2D eigenvalue weighted by Crippen LogP contribution is -1.82. The van der Waals surface area contributed by atoms with Crippen molar-refractivity contribution in [3.05, 3.63) is 41.9 Å². The van der Waals surface area contributed by atoms with Crippen LogP contribution in [0.3, 0.4) is 0 Å². The summed E-state index contributed by atoms with van der Waals surface area (Å²) in [5.41, 5.74) is 0.648. The van der Waals surface area contributed by atoms with E-state index in [1.807, 2.05) is 0 Å². The Labute approximate surface area is 79.1 Å². The summed E-state index contributed by atoms with van der Waals surface area (Å²) in [6, 6.07) is 7.56. The maximum absolute atomic E-state index is 13.2. The van der Waals surface area contributed by atoms with Crippen LogP contribution in [0.5, 0.6) is 0 Å². The lowest BCUT2D eigenvalue weighted by atomic mass is 10.1. The zero-order chi connectivity index (χ0) is 9.97. The van der Waals surface area contributed by atoms with Crippen molar-refractivity contribution in [2.24, 2.45) is 0 Å². The van der Waals surface area contributed by atoms with Crippen molar-refractivity contribution in [3.8, 4) is 11.3 Å². The van der Waals surface area contributed by atoms with Crippen LogP contribution in [-0.4, -0.2) is 11.4 Å². The Hall–Kier alpha value is -1.97. The highest BCUT2D eigenvalue weighted by Gasteiger charge is 2.09. The van der Waals surface area contributed by atoms with E-state index in [1.165, 1.54) is 12.1 Å². The van der Waals surface area contributed by atoms with Crippen LogP contribution >= 0.6 is 0 Å². The van der Waals surface area contributed by atoms with Gasteiger partial charge in [0.15, 0.2) is 12.0 Å². The monoisotopic (exact) mass is 191 g/mol. The Morgan fingerprint density at radius 3 is 2.79 bits per heavy atom. The fraction of sp³-hybridized carbons (Fsp3) is 0. The van der Waals surface area contributed by atoms with E-state index < -0.39 is 5.82 Å². The molecule has 70 valence electrons. The standard InChI is InChI=1S/C10H6FNO2/c11-9-4-2-1-3-8(9)10-5-7(6-13)14-12-10/h1-6H. The number of carbonyl (C=O) groups is 1. The first-order valence-electron chi connectivity index (χ1n) is 3.98. The first kappa shape index (κ1) is 8.62. The Morgan fingerprint density at radius 2 is 2.14 bits per heavy atom. The molecule has 0 aliphatic heterocycles. The number of nitrogens with zero attached hydrogens (tertiary/aromatic N) is 1. The molecular weight excluding hydrogens is 185 g/mol. The highest BCUT2D eigenvalue weighted by Crippen LogP contribution is 2.21. The first-order chi connectivity index (χ1) is 6.81. The molecule has 0 unspecified atom stereocenters. The van der Waals surface area contributed by atoms with E-state index in [9.17, 15) is 9.18 Å². The molecule has 2 aromatic rings. The molecular formula is C10H6FNO2. The summed E-state index contributed by atoms with van der Waals surface area (Å²) >= 11 is 0. The maximum Gasteiger partial charge on any atom is 0.199 e. The van der Waals surface area contributed by atoms with Gasteiger partial charge in [0.1, 0.15) is 11.5 Å². The summed E-state index contributed by atoms with van der Waals surface area (Å²) in [6.45, 7) is 0. The third-order valence-electron chi connectivity index (χ3n) is 1.79. The largest absolute Gasteiger partial charge is 0.353 e. The minimum atomic E-state index is -0.391. The van der Waals surface area contributed by atoms with Crippen molar-refractivity contribution in [3.63, 3.8) is 0 Å². The summed E-state index contributed by atoms with van der Waals surface area (Å²) in [7, 11) is 0. The molecule has 0 saturated carbocycles. The van der Waals surface area contributed by atoms with Crippen LogP contribution in [0.15, 0.2) is 34.9 Å². The summed E-state index contributed by atoms with van der Waals surface area (Å²) in [6.07, 6.45) is 0.525. The summed E-state index contributed by atoms with van der Waals surface area (Å²) in [5, 5.41) is 3.57. The molecule has 0 saturated heterocycles. The number of halogens is 1. The number of hydrogen-bond acceptors (Lipinski definition) is 3. The molecule has 0 N–H and O–H groups in total. The van der Waals surface area contributed by atoms with E-state index in [0.717, 1.165) is 0 Å². The highest BCUT2D eigenvalue weighted by molar-refractivity contribution is 5.73. The van der Waals surface area contributed by atoms with Crippen LogP contribution in [-0.2, 0) is 0 Å². The molecule has 1 heterocycles. The van der Waals surface area contributed by atoms with Crippen LogP contribution in [0.1, 0.15) is 10.6 Å². The van der Waals surface area contributed by atoms with Gasteiger partial charge < -0.3 is 4.52 Å². The second-order valence-electron chi connectivity index (χ2n) is 2.71. The van der Waals surface area contributed by atoms with Gasteiger partial charge in [0.25, 0.3) is 0 Å². The Morgan fingerprint density at radius 1 is 1.36 bits per heavy atom. The number of benzene rings is 1. The highest BCUT2D eigenvalue weighted by atomic mass is 19.1. The zero-order valence-electron chi connectivity index (χ0n) is 7.11. The zero-order valence-corrected chi connectivity index (χ0v) is 7.11. The topological polar surface area (TPSA) is 43.1 Å². The molecule has 1 aromatic heterocycles. The second kappa shape index (κ2) is 3.41. The van der Waals surface area contributed by atoms with E-state index >= 15 is 0 Å². The molecule has 0 amide bonds. The van der Waals surface area contributed by atoms with Gasteiger partial charge in [0.2, 0.25) is 0 Å². The Bertz CT molecular complexity index is 465. The van der Waals surface area contributed by atoms with Gasteiger partial charge in [-0.05, 0) is 12.1 Å². The molecule has 0 aliphatic carbocycles. The number of aromatic nitrogens is 1. The average Bonchev–Trinajstić information content (AvgIpc) is 2.67. The molecule has 14 heavy (non-hydrogen) atoms. The third-order valence-corrected chi connectivity index (χ3v) is 1.79. The van der Waals surface area contributed by atoms with Gasteiger partial charge in [0.05, 0.1) is 0 Å². The van der Waals surface area contributed by atoms with Crippen molar-refractivity contribution in [1.82, 2.24) is 5.16 Å². The van der Waals surface area contributed by atoms with Gasteiger partial charge in [-0.15, -0.1) is 0 Å². The van der Waals surface area contributed by atoms with Gasteiger partial charge >= 0.3 is 0 Å². The lowest BCUT2D eigenvalue weighted by molar-refractivity contribution is 0.109. The van der Waals surface area contributed by atoms with E-state index in [2.05, 4.69) is 9.68 Å².